The van der Waals surface area contributed by atoms with Gasteiger partial charge in [-0.15, -0.1) is 0 Å². The molecule has 0 unspecified atom stereocenters. The van der Waals surface area contributed by atoms with Crippen LogP contribution in [0.2, 0.25) is 0 Å². The molecule has 2 aliphatic heterocycles. The van der Waals surface area contributed by atoms with Gasteiger partial charge in [0.2, 0.25) is 5.91 Å². The summed E-state index contributed by atoms with van der Waals surface area (Å²) in [7, 11) is 1.63. The molecule has 10 heteroatoms. The molecule has 5 rings (SSSR count). The van der Waals surface area contributed by atoms with Gasteiger partial charge in [0, 0.05) is 37.0 Å². The van der Waals surface area contributed by atoms with E-state index in [4.69, 9.17) is 9.72 Å². The van der Waals surface area contributed by atoms with E-state index in [1.165, 1.54) is 0 Å². The van der Waals surface area contributed by atoms with Gasteiger partial charge in [0.1, 0.15) is 11.6 Å². The molecule has 10 nitrogen and oxygen atoms in total. The van der Waals surface area contributed by atoms with Gasteiger partial charge in [-0.25, -0.2) is 9.78 Å². The van der Waals surface area contributed by atoms with Gasteiger partial charge in [0.25, 0.3) is 0 Å². The lowest BCUT2D eigenvalue weighted by Crippen LogP contribution is -2.56. The van der Waals surface area contributed by atoms with E-state index < -0.39 is 11.0 Å². The van der Waals surface area contributed by atoms with Gasteiger partial charge in [-0.2, -0.15) is 5.10 Å². The van der Waals surface area contributed by atoms with Crippen molar-refractivity contribution in [2.75, 3.05) is 38.3 Å². The van der Waals surface area contributed by atoms with Crippen LogP contribution in [-0.2, 0) is 17.8 Å². The number of urea groups is 1. The number of methoxy groups -OCH3 is 1. The predicted octanol–water partition coefficient (Wildman–Crippen LogP) is 3.86. The Kier molecular flexibility index (Phi) is 7.55. The van der Waals surface area contributed by atoms with Gasteiger partial charge in [-0.05, 0) is 62.9 Å². The molecule has 0 radical (unpaired) electrons. The van der Waals surface area contributed by atoms with Crippen LogP contribution in [0.5, 0.6) is 5.75 Å². The van der Waals surface area contributed by atoms with E-state index in [1.807, 2.05) is 52.4 Å². The fourth-order valence-corrected chi connectivity index (χ4v) is 5.78. The fraction of sp³-hybridized carbons (Fsp3) is 0.467. The van der Waals surface area contributed by atoms with E-state index in [2.05, 4.69) is 17.1 Å². The first-order valence-corrected chi connectivity index (χ1v) is 13.8. The molecule has 0 bridgehead atoms. The molecule has 2 aromatic heterocycles. The minimum atomic E-state index is -0.834. The van der Waals surface area contributed by atoms with Crippen molar-refractivity contribution in [3.63, 3.8) is 0 Å². The van der Waals surface area contributed by atoms with Crippen molar-refractivity contribution in [3.8, 4) is 16.9 Å². The molecule has 40 heavy (non-hydrogen) atoms. The van der Waals surface area contributed by atoms with Crippen LogP contribution in [0.4, 0.5) is 10.6 Å². The summed E-state index contributed by atoms with van der Waals surface area (Å²) < 4.78 is 5.43. The summed E-state index contributed by atoms with van der Waals surface area (Å²) in [5.74, 6) is 1.31. The smallest absolute Gasteiger partial charge is 0.326 e. The second-order valence-electron chi connectivity index (χ2n) is 11.4. The summed E-state index contributed by atoms with van der Waals surface area (Å²) in [6, 6.07) is 11.6. The van der Waals surface area contributed by atoms with Gasteiger partial charge in [0.05, 0.1) is 43.1 Å². The lowest BCUT2D eigenvalue weighted by molar-refractivity contribution is -0.144. The second kappa shape index (κ2) is 10.9. The number of carbonyl (C=O) groups is 2. The van der Waals surface area contributed by atoms with Crippen LogP contribution in [0.25, 0.3) is 11.1 Å². The van der Waals surface area contributed by atoms with Crippen molar-refractivity contribution in [2.24, 2.45) is 5.41 Å². The maximum atomic E-state index is 14.1. The Morgan fingerprint density at radius 1 is 1.20 bits per heavy atom. The minimum Gasteiger partial charge on any atom is -0.497 e. The summed E-state index contributed by atoms with van der Waals surface area (Å²) in [4.78, 5) is 37.7. The first kappa shape index (κ1) is 27.6. The van der Waals surface area contributed by atoms with Crippen molar-refractivity contribution in [3.05, 3.63) is 60.0 Å². The average Bonchev–Trinajstić information content (AvgIpc) is 3.61. The van der Waals surface area contributed by atoms with E-state index in [9.17, 15) is 14.7 Å². The summed E-state index contributed by atoms with van der Waals surface area (Å²) in [6.45, 7) is 7.33. The highest BCUT2D eigenvalue weighted by atomic mass is 16.5. The number of amides is 3. The Balaban J connectivity index is 1.46. The van der Waals surface area contributed by atoms with Crippen molar-refractivity contribution in [1.29, 1.82) is 0 Å². The Hall–Kier alpha value is -3.92. The highest BCUT2D eigenvalue weighted by molar-refractivity contribution is 5.95. The van der Waals surface area contributed by atoms with E-state index in [1.54, 1.807) is 32.1 Å². The molecular weight excluding hydrogens is 508 g/mol. The number of benzene rings is 1. The maximum Gasteiger partial charge on any atom is 0.326 e. The summed E-state index contributed by atoms with van der Waals surface area (Å²) in [5, 5.41) is 16.7. The zero-order chi connectivity index (χ0) is 28.5. The number of piperidine rings is 1. The van der Waals surface area contributed by atoms with Crippen LogP contribution in [0, 0.1) is 5.41 Å². The number of aryl methyl sites for hydroxylation is 1. The van der Waals surface area contributed by atoms with E-state index >= 15 is 0 Å². The number of aromatic amines is 1. The second-order valence-corrected chi connectivity index (χ2v) is 11.4. The van der Waals surface area contributed by atoms with Gasteiger partial charge in [-0.1, -0.05) is 19.1 Å². The largest absolute Gasteiger partial charge is 0.497 e. The number of nitrogens with one attached hydrogen (secondary N) is 1. The summed E-state index contributed by atoms with van der Waals surface area (Å²) >= 11 is 0. The Labute approximate surface area is 235 Å². The molecule has 4 heterocycles. The van der Waals surface area contributed by atoms with Crippen LogP contribution >= 0.6 is 0 Å². The molecular formula is C30H38N6O4. The Morgan fingerprint density at radius 3 is 2.62 bits per heavy atom. The highest BCUT2D eigenvalue weighted by Crippen LogP contribution is 2.40. The Bertz CT molecular complexity index is 1360. The van der Waals surface area contributed by atoms with Gasteiger partial charge in [-0.3, -0.25) is 14.8 Å². The van der Waals surface area contributed by atoms with Crippen LogP contribution in [0.15, 0.2) is 48.8 Å². The third-order valence-electron chi connectivity index (χ3n) is 8.30. The van der Waals surface area contributed by atoms with Crippen molar-refractivity contribution < 1.29 is 19.4 Å². The number of likely N-dealkylation sites (tertiary alicyclic amines) is 1. The Morgan fingerprint density at radius 2 is 1.98 bits per heavy atom. The van der Waals surface area contributed by atoms with Crippen molar-refractivity contribution in [2.45, 2.75) is 52.1 Å². The summed E-state index contributed by atoms with van der Waals surface area (Å²) in [5.41, 5.74) is 2.54. The zero-order valence-electron chi connectivity index (χ0n) is 23.7. The molecule has 0 atom stereocenters. The number of ether oxygens (including phenoxy) is 1. The van der Waals surface area contributed by atoms with Gasteiger partial charge in [0.15, 0.2) is 0 Å². The molecule has 1 aromatic carbocycles. The standard InChI is InChI=1S/C30H38N6O4/c1-5-25-24(22-16-31-32-17-22)9-10-26(33-25)35-19-30(11-13-34(14-12-30)27(38)29(2,3)20-37)36(28(35)39)18-21-7-6-8-23(15-21)40-4/h6-10,15-17,37H,5,11-14,18-20H2,1-4H3,(H,31,32). The molecule has 2 fully saturated rings. The number of pyridine rings is 1. The normalized spacial score (nSPS) is 17.1. The number of aliphatic hydroxyl groups excluding tert-OH is 1. The SMILES string of the molecule is CCc1nc(N2CC3(CCN(C(=O)C(C)(C)CO)CC3)N(Cc3cccc(OC)c3)C2=O)ccc1-c1cn[nH]c1. The minimum absolute atomic E-state index is 0.0607. The molecule has 2 aliphatic rings. The highest BCUT2D eigenvalue weighted by Gasteiger charge is 2.52. The maximum absolute atomic E-state index is 14.1. The number of hydrogen-bond acceptors (Lipinski definition) is 6. The molecule has 3 aromatic rings. The first-order valence-electron chi connectivity index (χ1n) is 13.8. The first-order chi connectivity index (χ1) is 19.2. The van der Waals surface area contributed by atoms with E-state index in [0.29, 0.717) is 51.3 Å². The van der Waals surface area contributed by atoms with Crippen molar-refractivity contribution >= 4 is 17.8 Å². The van der Waals surface area contributed by atoms with Crippen LogP contribution in [0.1, 0.15) is 44.9 Å². The number of carbonyl (C=O) groups excluding carboxylic acids is 2. The number of hydrogen-bond donors (Lipinski definition) is 2. The molecule has 3 amide bonds. The van der Waals surface area contributed by atoms with Crippen LogP contribution in [-0.4, -0.2) is 80.9 Å². The van der Waals surface area contributed by atoms with Crippen LogP contribution in [0.3, 0.4) is 0 Å². The lowest BCUT2D eigenvalue weighted by atomic mass is 9.84. The average molecular weight is 547 g/mol. The van der Waals surface area contributed by atoms with Crippen LogP contribution < -0.4 is 9.64 Å². The molecule has 2 N–H and O–H groups in total. The number of aliphatic hydroxyl groups is 1. The van der Waals surface area contributed by atoms with Crippen molar-refractivity contribution in [1.82, 2.24) is 25.0 Å². The lowest BCUT2D eigenvalue weighted by Gasteiger charge is -2.45. The topological polar surface area (TPSA) is 115 Å². The molecule has 1 spiro atoms. The molecule has 2 saturated heterocycles. The quantitative estimate of drug-likeness (QED) is 0.443. The zero-order valence-corrected chi connectivity index (χ0v) is 23.7. The van der Waals surface area contributed by atoms with Gasteiger partial charge >= 0.3 is 6.03 Å². The predicted molar refractivity (Wildman–Crippen MR) is 152 cm³/mol. The summed E-state index contributed by atoms with van der Waals surface area (Å²) in [6.07, 6.45) is 5.61. The number of anilines is 1. The number of aromatic nitrogens is 3. The molecule has 0 saturated carbocycles. The van der Waals surface area contributed by atoms with Gasteiger partial charge < -0.3 is 19.6 Å². The number of rotatable bonds is 8. The molecule has 212 valence electrons. The third kappa shape index (κ3) is 5.03. The van der Waals surface area contributed by atoms with E-state index in [0.717, 1.165) is 28.1 Å². The number of H-pyrrole nitrogens is 1. The van der Waals surface area contributed by atoms with E-state index in [-0.39, 0.29) is 18.5 Å². The third-order valence-corrected chi connectivity index (χ3v) is 8.30. The number of nitrogens with zero attached hydrogens (tertiary/aromatic N) is 5. The fourth-order valence-electron chi connectivity index (χ4n) is 5.78. The molecule has 0 aliphatic carbocycles. The monoisotopic (exact) mass is 546 g/mol.